The molecule has 0 aromatic heterocycles. The number of esters is 1. The molecular weight excluding hydrogens is 196 g/mol. The zero-order chi connectivity index (χ0) is 10.8. The van der Waals surface area contributed by atoms with Gasteiger partial charge in [0.05, 0.1) is 6.61 Å². The predicted molar refractivity (Wildman–Crippen MR) is 60.4 cm³/mol. The fourth-order valence-corrected chi connectivity index (χ4v) is 2.68. The Kier molecular flexibility index (Phi) is 3.65. The fourth-order valence-electron chi connectivity index (χ4n) is 1.55. The molecule has 1 aliphatic heterocycles. The minimum Gasteiger partial charge on any atom is -0.465 e. The molecule has 14 heavy (non-hydrogen) atoms. The third-order valence-corrected chi connectivity index (χ3v) is 4.42. The monoisotopic (exact) mass is 214 g/mol. The van der Waals surface area contributed by atoms with Crippen LogP contribution in [-0.2, 0) is 9.53 Å². The van der Waals surface area contributed by atoms with E-state index in [1.807, 2.05) is 13.8 Å². The maximum Gasteiger partial charge on any atom is 0.322 e. The topological polar surface area (TPSA) is 26.3 Å². The van der Waals surface area contributed by atoms with Gasteiger partial charge in [-0.05, 0) is 26.7 Å². The van der Waals surface area contributed by atoms with Gasteiger partial charge < -0.3 is 4.74 Å². The van der Waals surface area contributed by atoms with Crippen molar-refractivity contribution in [2.24, 2.45) is 5.92 Å². The van der Waals surface area contributed by atoms with Crippen LogP contribution in [0.15, 0.2) is 11.6 Å². The van der Waals surface area contributed by atoms with Crippen LogP contribution in [0.1, 0.15) is 27.7 Å². The molecule has 0 N–H and O–H groups in total. The molecule has 0 saturated carbocycles. The molecule has 1 heterocycles. The molecule has 3 heteroatoms. The van der Waals surface area contributed by atoms with Gasteiger partial charge in [-0.2, -0.15) is 0 Å². The van der Waals surface area contributed by atoms with Crippen molar-refractivity contribution in [3.05, 3.63) is 11.6 Å². The number of hydrogen-bond acceptors (Lipinski definition) is 3. The van der Waals surface area contributed by atoms with Crippen molar-refractivity contribution >= 4 is 17.7 Å². The van der Waals surface area contributed by atoms with Gasteiger partial charge in [-0.25, -0.2) is 0 Å². The van der Waals surface area contributed by atoms with Gasteiger partial charge in [-0.15, -0.1) is 11.8 Å². The molecule has 0 amide bonds. The van der Waals surface area contributed by atoms with E-state index in [-0.39, 0.29) is 11.9 Å². The Morgan fingerprint density at radius 3 is 2.93 bits per heavy atom. The van der Waals surface area contributed by atoms with Crippen LogP contribution in [0.3, 0.4) is 0 Å². The van der Waals surface area contributed by atoms with Gasteiger partial charge in [0.15, 0.2) is 0 Å². The molecule has 1 rings (SSSR count). The molecule has 2 nitrogen and oxygen atoms in total. The van der Waals surface area contributed by atoms with E-state index in [0.717, 1.165) is 5.75 Å². The van der Waals surface area contributed by atoms with Crippen molar-refractivity contribution in [2.75, 3.05) is 12.4 Å². The molecule has 0 radical (unpaired) electrons. The normalized spacial score (nSPS) is 32.3. The van der Waals surface area contributed by atoms with Crippen LogP contribution >= 0.6 is 11.8 Å². The van der Waals surface area contributed by atoms with Gasteiger partial charge in [0, 0.05) is 5.75 Å². The number of carbonyl (C=O) groups excluding carboxylic acids is 1. The van der Waals surface area contributed by atoms with Crippen LogP contribution in [0.25, 0.3) is 0 Å². The van der Waals surface area contributed by atoms with Crippen LogP contribution in [0.5, 0.6) is 0 Å². The average molecular weight is 214 g/mol. The largest absolute Gasteiger partial charge is 0.465 e. The maximum absolute atomic E-state index is 11.8. The third kappa shape index (κ3) is 2.14. The molecule has 2 unspecified atom stereocenters. The summed E-state index contributed by atoms with van der Waals surface area (Å²) < 4.78 is 4.71. The lowest BCUT2D eigenvalue weighted by Gasteiger charge is -2.34. The lowest BCUT2D eigenvalue weighted by atomic mass is 9.92. The average Bonchev–Trinajstić information content (AvgIpc) is 2.12. The van der Waals surface area contributed by atoms with Gasteiger partial charge in [0.1, 0.15) is 4.75 Å². The van der Waals surface area contributed by atoms with Crippen molar-refractivity contribution in [3.8, 4) is 0 Å². The van der Waals surface area contributed by atoms with Crippen molar-refractivity contribution in [3.63, 3.8) is 0 Å². The summed E-state index contributed by atoms with van der Waals surface area (Å²) in [7, 11) is 0. The molecule has 0 aliphatic carbocycles. The number of allylic oxidation sites excluding steroid dienone is 1. The molecule has 0 fully saturated rings. The standard InChI is InChI=1S/C11H18O2S/c1-5-13-10(12)11(4)9(3)6-8(2)7-14-11/h6,9H,5,7H2,1-4H3. The van der Waals surface area contributed by atoms with Crippen LogP contribution < -0.4 is 0 Å². The third-order valence-electron chi connectivity index (χ3n) is 2.68. The molecular formula is C11H18O2S. The van der Waals surface area contributed by atoms with Crippen molar-refractivity contribution < 1.29 is 9.53 Å². The second kappa shape index (κ2) is 4.39. The quantitative estimate of drug-likeness (QED) is 0.522. The van der Waals surface area contributed by atoms with Crippen LogP contribution in [0.4, 0.5) is 0 Å². The number of ether oxygens (including phenoxy) is 1. The molecule has 80 valence electrons. The lowest BCUT2D eigenvalue weighted by molar-refractivity contribution is -0.146. The first-order chi connectivity index (χ1) is 6.50. The van der Waals surface area contributed by atoms with Crippen LogP contribution in [0.2, 0.25) is 0 Å². The maximum atomic E-state index is 11.8. The predicted octanol–water partition coefficient (Wildman–Crippen LogP) is 2.64. The fraction of sp³-hybridized carbons (Fsp3) is 0.727. The zero-order valence-electron chi connectivity index (χ0n) is 9.29. The first-order valence-corrected chi connectivity index (χ1v) is 5.97. The zero-order valence-corrected chi connectivity index (χ0v) is 10.1. The SMILES string of the molecule is CCOC(=O)C1(C)SCC(C)=CC1C. The van der Waals surface area contributed by atoms with Gasteiger partial charge in [-0.1, -0.05) is 18.6 Å². The van der Waals surface area contributed by atoms with E-state index < -0.39 is 4.75 Å². The molecule has 1 aliphatic rings. The van der Waals surface area contributed by atoms with E-state index >= 15 is 0 Å². The Hall–Kier alpha value is -0.440. The van der Waals surface area contributed by atoms with Crippen LogP contribution in [0, 0.1) is 5.92 Å². The summed E-state index contributed by atoms with van der Waals surface area (Å²) in [6.07, 6.45) is 2.17. The summed E-state index contributed by atoms with van der Waals surface area (Å²) in [6.45, 7) is 8.47. The Morgan fingerprint density at radius 2 is 2.43 bits per heavy atom. The Labute approximate surface area is 90.1 Å². The highest BCUT2D eigenvalue weighted by molar-refractivity contribution is 8.01. The van der Waals surface area contributed by atoms with Gasteiger partial charge in [-0.3, -0.25) is 4.79 Å². The van der Waals surface area contributed by atoms with E-state index in [4.69, 9.17) is 4.74 Å². The summed E-state index contributed by atoms with van der Waals surface area (Å²) in [5.74, 6) is 1.10. The molecule has 0 saturated heterocycles. The van der Waals surface area contributed by atoms with Gasteiger partial charge in [0.25, 0.3) is 0 Å². The van der Waals surface area contributed by atoms with E-state index in [1.165, 1.54) is 5.57 Å². The molecule has 0 aromatic carbocycles. The second-order valence-corrected chi connectivity index (χ2v) is 5.34. The summed E-state index contributed by atoms with van der Waals surface area (Å²) in [4.78, 5) is 11.8. The Bertz CT molecular complexity index is 260. The Balaban J connectivity index is 2.80. The molecule has 2 atom stereocenters. The highest BCUT2D eigenvalue weighted by atomic mass is 32.2. The minimum absolute atomic E-state index is 0.0822. The minimum atomic E-state index is -0.393. The van der Waals surface area contributed by atoms with E-state index in [2.05, 4.69) is 19.9 Å². The summed E-state index contributed by atoms with van der Waals surface area (Å²) in [5, 5.41) is 0. The number of hydrogen-bond donors (Lipinski definition) is 0. The summed E-state index contributed by atoms with van der Waals surface area (Å²) >= 11 is 1.69. The number of carbonyl (C=O) groups is 1. The molecule has 0 bridgehead atoms. The highest BCUT2D eigenvalue weighted by Gasteiger charge is 2.41. The number of rotatable bonds is 2. The summed E-state index contributed by atoms with van der Waals surface area (Å²) in [5.41, 5.74) is 1.35. The van der Waals surface area contributed by atoms with Crippen LogP contribution in [-0.4, -0.2) is 23.1 Å². The first kappa shape index (κ1) is 11.6. The van der Waals surface area contributed by atoms with Crippen molar-refractivity contribution in [1.29, 1.82) is 0 Å². The second-order valence-electron chi connectivity index (χ2n) is 3.92. The molecule has 0 aromatic rings. The van der Waals surface area contributed by atoms with Crippen molar-refractivity contribution in [2.45, 2.75) is 32.4 Å². The lowest BCUT2D eigenvalue weighted by Crippen LogP contribution is -2.41. The molecule has 0 spiro atoms. The number of thioether (sulfide) groups is 1. The van der Waals surface area contributed by atoms with E-state index in [9.17, 15) is 4.79 Å². The van der Waals surface area contributed by atoms with E-state index in [1.54, 1.807) is 11.8 Å². The highest BCUT2D eigenvalue weighted by Crippen LogP contribution is 2.40. The summed E-state index contributed by atoms with van der Waals surface area (Å²) in [6, 6.07) is 0. The van der Waals surface area contributed by atoms with Gasteiger partial charge in [0.2, 0.25) is 0 Å². The Morgan fingerprint density at radius 1 is 1.79 bits per heavy atom. The van der Waals surface area contributed by atoms with Crippen molar-refractivity contribution in [1.82, 2.24) is 0 Å². The van der Waals surface area contributed by atoms with Gasteiger partial charge >= 0.3 is 5.97 Å². The smallest absolute Gasteiger partial charge is 0.322 e. The van der Waals surface area contributed by atoms with E-state index in [0.29, 0.717) is 6.61 Å². The first-order valence-electron chi connectivity index (χ1n) is 4.99.